The van der Waals surface area contributed by atoms with Crippen LogP contribution >= 0.6 is 0 Å². The Morgan fingerprint density at radius 3 is 2.45 bits per heavy atom. The van der Waals surface area contributed by atoms with Gasteiger partial charge in [-0.15, -0.1) is 0 Å². The maximum Gasteiger partial charge on any atom is 0.0782 e. The van der Waals surface area contributed by atoms with Crippen molar-refractivity contribution in [2.45, 2.75) is 46.2 Å². The molecule has 0 radical (unpaired) electrons. The summed E-state index contributed by atoms with van der Waals surface area (Å²) in [5.74, 6) is 0. The van der Waals surface area contributed by atoms with Gasteiger partial charge in [-0.25, -0.2) is 0 Å². The van der Waals surface area contributed by atoms with Gasteiger partial charge in [0, 0.05) is 24.5 Å². The molecule has 1 aromatic carbocycles. The van der Waals surface area contributed by atoms with Gasteiger partial charge in [-0.05, 0) is 45.2 Å². The first-order chi connectivity index (χ1) is 9.58. The van der Waals surface area contributed by atoms with Gasteiger partial charge in [-0.3, -0.25) is 9.97 Å². The Kier molecular flexibility index (Phi) is 4.85. The number of nitrogens with one attached hydrogen (secondary N) is 1. The summed E-state index contributed by atoms with van der Waals surface area (Å²) >= 11 is 0. The lowest BCUT2D eigenvalue weighted by atomic mass is 10.0. The third-order valence-corrected chi connectivity index (χ3v) is 3.65. The molecule has 0 aliphatic carbocycles. The molecular weight excluding hydrogens is 246 g/mol. The first-order valence-corrected chi connectivity index (χ1v) is 7.16. The van der Waals surface area contributed by atoms with E-state index in [0.717, 1.165) is 17.8 Å². The summed E-state index contributed by atoms with van der Waals surface area (Å²) < 4.78 is 0. The predicted molar refractivity (Wildman–Crippen MR) is 82.7 cm³/mol. The molecule has 0 fully saturated rings. The van der Waals surface area contributed by atoms with Crippen LogP contribution < -0.4 is 5.32 Å². The number of aromatic nitrogens is 2. The number of hydrogen-bond acceptors (Lipinski definition) is 3. The minimum absolute atomic E-state index is 0.211. The van der Waals surface area contributed by atoms with Gasteiger partial charge in [-0.2, -0.15) is 0 Å². The summed E-state index contributed by atoms with van der Waals surface area (Å²) in [5.41, 5.74) is 4.78. The lowest BCUT2D eigenvalue weighted by molar-refractivity contribution is 0.466. The Labute approximate surface area is 121 Å². The summed E-state index contributed by atoms with van der Waals surface area (Å²) in [6.07, 6.45) is 4.52. The molecule has 2 aromatic rings. The fourth-order valence-corrected chi connectivity index (χ4v) is 2.58. The lowest BCUT2D eigenvalue weighted by Gasteiger charge is -2.21. The standard InChI is InChI=1S/C17H23N3/c1-12-7-5-6-8-16(12)11-13(2)20-15(4)17-14(3)18-9-10-19-17/h5-10,13,15,20H,11H2,1-4H3. The summed E-state index contributed by atoms with van der Waals surface area (Å²) in [6.45, 7) is 8.53. The van der Waals surface area contributed by atoms with Crippen LogP contribution in [-0.4, -0.2) is 16.0 Å². The average molecular weight is 269 g/mol. The van der Waals surface area contributed by atoms with E-state index < -0.39 is 0 Å². The maximum absolute atomic E-state index is 4.43. The smallest absolute Gasteiger partial charge is 0.0782 e. The van der Waals surface area contributed by atoms with E-state index in [1.807, 2.05) is 6.92 Å². The molecule has 1 heterocycles. The molecule has 3 nitrogen and oxygen atoms in total. The van der Waals surface area contributed by atoms with Crippen molar-refractivity contribution >= 4 is 0 Å². The van der Waals surface area contributed by atoms with Crippen LogP contribution in [0.15, 0.2) is 36.7 Å². The summed E-state index contributed by atoms with van der Waals surface area (Å²) in [4.78, 5) is 8.73. The number of aryl methyl sites for hydroxylation is 2. The summed E-state index contributed by atoms with van der Waals surface area (Å²) in [7, 11) is 0. The topological polar surface area (TPSA) is 37.8 Å². The van der Waals surface area contributed by atoms with Gasteiger partial charge in [0.1, 0.15) is 0 Å². The van der Waals surface area contributed by atoms with E-state index in [-0.39, 0.29) is 6.04 Å². The van der Waals surface area contributed by atoms with Crippen molar-refractivity contribution in [2.24, 2.45) is 0 Å². The Morgan fingerprint density at radius 1 is 1.05 bits per heavy atom. The molecule has 1 aromatic heterocycles. The van der Waals surface area contributed by atoms with Crippen molar-refractivity contribution < 1.29 is 0 Å². The normalized spacial score (nSPS) is 14.0. The first kappa shape index (κ1) is 14.7. The van der Waals surface area contributed by atoms with Crippen LogP contribution in [-0.2, 0) is 6.42 Å². The molecule has 3 heteroatoms. The van der Waals surface area contributed by atoms with E-state index in [0.29, 0.717) is 6.04 Å². The molecule has 0 saturated carbocycles. The molecule has 2 atom stereocenters. The monoisotopic (exact) mass is 269 g/mol. The van der Waals surface area contributed by atoms with Crippen LogP contribution in [0.5, 0.6) is 0 Å². The number of nitrogens with zero attached hydrogens (tertiary/aromatic N) is 2. The highest BCUT2D eigenvalue weighted by Gasteiger charge is 2.14. The van der Waals surface area contributed by atoms with Crippen LogP contribution in [0.4, 0.5) is 0 Å². The number of hydrogen-bond donors (Lipinski definition) is 1. The second-order valence-corrected chi connectivity index (χ2v) is 5.45. The highest BCUT2D eigenvalue weighted by molar-refractivity contribution is 5.26. The lowest BCUT2D eigenvalue weighted by Crippen LogP contribution is -2.31. The predicted octanol–water partition coefficient (Wildman–Crippen LogP) is 3.38. The Hall–Kier alpha value is -1.74. The molecule has 1 N–H and O–H groups in total. The van der Waals surface area contributed by atoms with E-state index in [4.69, 9.17) is 0 Å². The number of rotatable bonds is 5. The molecule has 106 valence electrons. The van der Waals surface area contributed by atoms with E-state index in [1.165, 1.54) is 11.1 Å². The molecule has 2 unspecified atom stereocenters. The van der Waals surface area contributed by atoms with Crippen LogP contribution in [0.25, 0.3) is 0 Å². The van der Waals surface area contributed by atoms with Crippen molar-refractivity contribution in [3.8, 4) is 0 Å². The van der Waals surface area contributed by atoms with Gasteiger partial charge >= 0.3 is 0 Å². The van der Waals surface area contributed by atoms with Crippen LogP contribution in [0, 0.1) is 13.8 Å². The zero-order valence-corrected chi connectivity index (χ0v) is 12.7. The van der Waals surface area contributed by atoms with Crippen LogP contribution in [0.1, 0.15) is 42.4 Å². The van der Waals surface area contributed by atoms with E-state index in [9.17, 15) is 0 Å². The molecule has 0 amide bonds. The molecule has 0 bridgehead atoms. The highest BCUT2D eigenvalue weighted by Crippen LogP contribution is 2.15. The molecule has 0 aliphatic rings. The van der Waals surface area contributed by atoms with Crippen LogP contribution in [0.2, 0.25) is 0 Å². The minimum Gasteiger partial charge on any atom is -0.306 e. The molecule has 0 saturated heterocycles. The Balaban J connectivity index is 2.00. The zero-order valence-electron chi connectivity index (χ0n) is 12.7. The van der Waals surface area contributed by atoms with Crippen molar-refractivity contribution in [3.05, 3.63) is 59.2 Å². The number of benzene rings is 1. The second-order valence-electron chi connectivity index (χ2n) is 5.45. The third kappa shape index (κ3) is 3.64. The largest absolute Gasteiger partial charge is 0.306 e. The minimum atomic E-state index is 0.211. The summed E-state index contributed by atoms with van der Waals surface area (Å²) in [6, 6.07) is 9.16. The van der Waals surface area contributed by atoms with E-state index in [1.54, 1.807) is 12.4 Å². The second kappa shape index (κ2) is 6.62. The van der Waals surface area contributed by atoms with Crippen molar-refractivity contribution in [1.29, 1.82) is 0 Å². The quantitative estimate of drug-likeness (QED) is 0.904. The fraction of sp³-hybridized carbons (Fsp3) is 0.412. The summed E-state index contributed by atoms with van der Waals surface area (Å²) in [5, 5.41) is 3.61. The van der Waals surface area contributed by atoms with Gasteiger partial charge in [0.15, 0.2) is 0 Å². The molecule has 2 rings (SSSR count). The third-order valence-electron chi connectivity index (χ3n) is 3.65. The van der Waals surface area contributed by atoms with Gasteiger partial charge in [0.05, 0.1) is 11.4 Å². The maximum atomic E-state index is 4.43. The van der Waals surface area contributed by atoms with E-state index in [2.05, 4.69) is 60.3 Å². The van der Waals surface area contributed by atoms with E-state index >= 15 is 0 Å². The van der Waals surface area contributed by atoms with Gasteiger partial charge in [0.2, 0.25) is 0 Å². The van der Waals surface area contributed by atoms with Crippen molar-refractivity contribution in [2.75, 3.05) is 0 Å². The Morgan fingerprint density at radius 2 is 1.75 bits per heavy atom. The fourth-order valence-electron chi connectivity index (χ4n) is 2.58. The molecule has 20 heavy (non-hydrogen) atoms. The SMILES string of the molecule is Cc1ccccc1CC(C)NC(C)c1nccnc1C. The van der Waals surface area contributed by atoms with Crippen molar-refractivity contribution in [1.82, 2.24) is 15.3 Å². The van der Waals surface area contributed by atoms with Gasteiger partial charge in [-0.1, -0.05) is 24.3 Å². The Bertz CT molecular complexity index is 566. The van der Waals surface area contributed by atoms with Gasteiger partial charge < -0.3 is 5.32 Å². The average Bonchev–Trinajstić information content (AvgIpc) is 2.41. The highest BCUT2D eigenvalue weighted by atomic mass is 15.0. The molecule has 0 aliphatic heterocycles. The first-order valence-electron chi connectivity index (χ1n) is 7.16. The van der Waals surface area contributed by atoms with Crippen molar-refractivity contribution in [3.63, 3.8) is 0 Å². The molecular formula is C17H23N3. The van der Waals surface area contributed by atoms with Crippen LogP contribution in [0.3, 0.4) is 0 Å². The van der Waals surface area contributed by atoms with Gasteiger partial charge in [0.25, 0.3) is 0 Å². The molecule has 0 spiro atoms. The zero-order chi connectivity index (χ0) is 14.5.